The van der Waals surface area contributed by atoms with E-state index in [4.69, 9.17) is 0 Å². The lowest BCUT2D eigenvalue weighted by atomic mass is 10.2. The van der Waals surface area contributed by atoms with Crippen LogP contribution < -0.4 is 4.90 Å². The molecule has 1 aromatic heterocycles. The maximum absolute atomic E-state index is 11.2. The molecule has 0 saturated carbocycles. The molecule has 0 spiro atoms. The zero-order chi connectivity index (χ0) is 14.9. The van der Waals surface area contributed by atoms with Crippen molar-refractivity contribution in [2.45, 2.75) is 32.9 Å². The minimum absolute atomic E-state index is 0.115. The first-order valence-electron chi connectivity index (χ1n) is 6.85. The lowest BCUT2D eigenvalue weighted by molar-refractivity contribution is -0.383. The first-order valence-corrected chi connectivity index (χ1v) is 7.67. The zero-order valence-electron chi connectivity index (χ0n) is 12.1. The van der Waals surface area contributed by atoms with Gasteiger partial charge in [-0.1, -0.05) is 0 Å². The van der Waals surface area contributed by atoms with Crippen molar-refractivity contribution < 1.29 is 10.0 Å². The molecule has 20 heavy (non-hydrogen) atoms. The molecule has 0 amide bonds. The fourth-order valence-electron chi connectivity index (χ4n) is 2.39. The number of thiophene rings is 1. The highest BCUT2D eigenvalue weighted by Crippen LogP contribution is 2.40. The summed E-state index contributed by atoms with van der Waals surface area (Å²) in [5, 5.41) is 21.5. The van der Waals surface area contributed by atoms with E-state index in [1.165, 1.54) is 17.4 Å². The van der Waals surface area contributed by atoms with Crippen molar-refractivity contribution in [3.05, 3.63) is 21.1 Å². The van der Waals surface area contributed by atoms with Crippen molar-refractivity contribution in [2.75, 3.05) is 31.1 Å². The van der Waals surface area contributed by atoms with Gasteiger partial charge in [-0.05, 0) is 20.8 Å². The van der Waals surface area contributed by atoms with Crippen molar-refractivity contribution in [2.24, 2.45) is 0 Å². The Morgan fingerprint density at radius 2 is 1.90 bits per heavy atom. The molecule has 1 atom stereocenters. The van der Waals surface area contributed by atoms with Crippen LogP contribution in [0.5, 0.6) is 0 Å². The number of rotatable bonds is 4. The molecule has 0 radical (unpaired) electrons. The van der Waals surface area contributed by atoms with Crippen LogP contribution in [0.4, 0.5) is 10.7 Å². The summed E-state index contributed by atoms with van der Waals surface area (Å²) in [6.07, 6.45) is -0.663. The normalized spacial score (nSPS) is 18.6. The highest BCUT2D eigenvalue weighted by atomic mass is 32.1. The molecule has 0 aromatic carbocycles. The van der Waals surface area contributed by atoms with Crippen molar-refractivity contribution >= 4 is 22.0 Å². The molecule has 0 unspecified atom stereocenters. The van der Waals surface area contributed by atoms with Gasteiger partial charge in [-0.15, -0.1) is 11.3 Å². The molecule has 1 N–H and O–H groups in total. The van der Waals surface area contributed by atoms with E-state index in [1.807, 2.05) is 0 Å². The van der Waals surface area contributed by atoms with E-state index in [1.54, 1.807) is 6.92 Å². The van der Waals surface area contributed by atoms with Gasteiger partial charge in [0.05, 0.1) is 11.0 Å². The monoisotopic (exact) mass is 299 g/mol. The third-order valence-corrected chi connectivity index (χ3v) is 5.01. The second-order valence-corrected chi connectivity index (χ2v) is 6.45. The number of hydrogen-bond acceptors (Lipinski definition) is 6. The van der Waals surface area contributed by atoms with Crippen LogP contribution in [0.1, 0.15) is 31.8 Å². The highest BCUT2D eigenvalue weighted by molar-refractivity contribution is 7.16. The summed E-state index contributed by atoms with van der Waals surface area (Å²) < 4.78 is 0. The fourth-order valence-corrected chi connectivity index (χ4v) is 3.51. The zero-order valence-corrected chi connectivity index (χ0v) is 12.9. The minimum Gasteiger partial charge on any atom is -0.388 e. The first kappa shape index (κ1) is 15.2. The van der Waals surface area contributed by atoms with Gasteiger partial charge in [0.25, 0.3) is 0 Å². The van der Waals surface area contributed by atoms with E-state index in [0.29, 0.717) is 15.9 Å². The largest absolute Gasteiger partial charge is 0.388 e. The summed E-state index contributed by atoms with van der Waals surface area (Å²) in [6, 6.07) is 2.00. The van der Waals surface area contributed by atoms with E-state index in [2.05, 4.69) is 23.6 Å². The van der Waals surface area contributed by atoms with Gasteiger partial charge in [0, 0.05) is 43.2 Å². The van der Waals surface area contributed by atoms with Crippen LogP contribution in [0.2, 0.25) is 0 Å². The molecular formula is C13H21N3O3S. The first-order chi connectivity index (χ1) is 9.40. The van der Waals surface area contributed by atoms with Gasteiger partial charge in [0.1, 0.15) is 0 Å². The molecule has 2 rings (SSSR count). The van der Waals surface area contributed by atoms with Crippen LogP contribution >= 0.6 is 11.3 Å². The summed E-state index contributed by atoms with van der Waals surface area (Å²) in [5.74, 6) is 0. The summed E-state index contributed by atoms with van der Waals surface area (Å²) in [6.45, 7) is 9.37. The fraction of sp³-hybridized carbons (Fsp3) is 0.692. The Labute approximate surface area is 122 Å². The van der Waals surface area contributed by atoms with Crippen LogP contribution in [-0.4, -0.2) is 47.2 Å². The maximum Gasteiger partial charge on any atom is 0.304 e. The number of aliphatic hydroxyl groups is 1. The van der Waals surface area contributed by atoms with Crippen LogP contribution in [0.15, 0.2) is 6.07 Å². The van der Waals surface area contributed by atoms with Crippen molar-refractivity contribution in [1.82, 2.24) is 4.90 Å². The lowest BCUT2D eigenvalue weighted by Gasteiger charge is -2.37. The molecule has 0 bridgehead atoms. The molecule has 6 nitrogen and oxygen atoms in total. The van der Waals surface area contributed by atoms with Gasteiger partial charge in [-0.2, -0.15) is 0 Å². The van der Waals surface area contributed by atoms with E-state index >= 15 is 0 Å². The molecule has 1 aliphatic rings. The molecule has 1 fully saturated rings. The van der Waals surface area contributed by atoms with Gasteiger partial charge in [0.15, 0.2) is 5.00 Å². The number of nitrogens with zero attached hydrogens (tertiary/aromatic N) is 3. The predicted octanol–water partition coefficient (Wildman–Crippen LogP) is 2.24. The third kappa shape index (κ3) is 3.11. The lowest BCUT2D eigenvalue weighted by Crippen LogP contribution is -2.48. The smallest absolute Gasteiger partial charge is 0.304 e. The number of aliphatic hydroxyl groups excluding tert-OH is 1. The number of hydrogen-bond donors (Lipinski definition) is 1. The molecule has 1 aromatic rings. The van der Waals surface area contributed by atoms with Crippen LogP contribution in [0.25, 0.3) is 0 Å². The molecule has 112 valence electrons. The standard InChI is InChI=1S/C13H21N3O3S/c1-9(2)14-4-6-15(7-5-14)13-11(16(18)19)8-12(20-13)10(3)17/h8-10,17H,4-7H2,1-3H3/t10-/m1/s1. The summed E-state index contributed by atoms with van der Waals surface area (Å²) >= 11 is 1.33. The molecule has 1 saturated heterocycles. The topological polar surface area (TPSA) is 69.8 Å². The Kier molecular flexibility index (Phi) is 4.62. The van der Waals surface area contributed by atoms with Crippen molar-refractivity contribution in [1.29, 1.82) is 0 Å². The number of anilines is 1. The average molecular weight is 299 g/mol. The summed E-state index contributed by atoms with van der Waals surface area (Å²) in [7, 11) is 0. The summed E-state index contributed by atoms with van der Waals surface area (Å²) in [5.41, 5.74) is 0.115. The molecule has 0 aliphatic carbocycles. The SMILES string of the molecule is CC(C)N1CCN(c2sc([C@@H](C)O)cc2[N+](=O)[O-])CC1. The predicted molar refractivity (Wildman–Crippen MR) is 80.5 cm³/mol. The van der Waals surface area contributed by atoms with E-state index < -0.39 is 6.10 Å². The Balaban J connectivity index is 2.18. The quantitative estimate of drug-likeness (QED) is 0.682. The van der Waals surface area contributed by atoms with Gasteiger partial charge in [-0.3, -0.25) is 15.0 Å². The van der Waals surface area contributed by atoms with Gasteiger partial charge < -0.3 is 10.0 Å². The molecular weight excluding hydrogens is 278 g/mol. The number of piperazine rings is 1. The molecule has 2 heterocycles. The maximum atomic E-state index is 11.2. The summed E-state index contributed by atoms with van der Waals surface area (Å²) in [4.78, 5) is 15.9. The van der Waals surface area contributed by atoms with Gasteiger partial charge in [-0.25, -0.2) is 0 Å². The highest BCUT2D eigenvalue weighted by Gasteiger charge is 2.28. The van der Waals surface area contributed by atoms with Crippen LogP contribution in [0, 0.1) is 10.1 Å². The van der Waals surface area contributed by atoms with Crippen LogP contribution in [-0.2, 0) is 0 Å². The van der Waals surface area contributed by atoms with Crippen molar-refractivity contribution in [3.8, 4) is 0 Å². The van der Waals surface area contributed by atoms with E-state index in [-0.39, 0.29) is 10.6 Å². The van der Waals surface area contributed by atoms with E-state index in [0.717, 1.165) is 26.2 Å². The van der Waals surface area contributed by atoms with Gasteiger partial charge in [0.2, 0.25) is 0 Å². The van der Waals surface area contributed by atoms with Crippen LogP contribution in [0.3, 0.4) is 0 Å². The molecule has 7 heteroatoms. The molecule has 1 aliphatic heterocycles. The Morgan fingerprint density at radius 3 is 2.35 bits per heavy atom. The Hall–Kier alpha value is -1.18. The Morgan fingerprint density at radius 1 is 1.30 bits per heavy atom. The second-order valence-electron chi connectivity index (χ2n) is 5.39. The Bertz CT molecular complexity index is 479. The number of nitro groups is 1. The third-order valence-electron chi connectivity index (χ3n) is 3.65. The van der Waals surface area contributed by atoms with Gasteiger partial charge >= 0.3 is 5.69 Å². The minimum atomic E-state index is -0.663. The van der Waals surface area contributed by atoms with Crippen molar-refractivity contribution in [3.63, 3.8) is 0 Å². The average Bonchev–Trinajstić information content (AvgIpc) is 2.84. The van der Waals surface area contributed by atoms with E-state index in [9.17, 15) is 15.2 Å². The second kappa shape index (κ2) is 6.07.